The Bertz CT molecular complexity index is 19.1. The summed E-state index contributed by atoms with van der Waals surface area (Å²) < 4.78 is 4.94. The van der Waals surface area contributed by atoms with Crippen molar-refractivity contribution in [2.75, 3.05) is 13.2 Å². The van der Waals surface area contributed by atoms with Crippen LogP contribution in [0.3, 0.4) is 0 Å². The maximum Gasteiger partial charge on any atom is 4.00 e. The molecule has 1 nitrogen and oxygen atoms in total. The molecule has 0 aromatic heterocycles. The van der Waals surface area contributed by atoms with Gasteiger partial charge in [-0.1, -0.05) is 0 Å². The van der Waals surface area contributed by atoms with Gasteiger partial charge in [-0.2, -0.15) is 0 Å². The van der Waals surface area contributed by atoms with E-state index in [1.54, 1.807) is 0 Å². The molecule has 1 fully saturated rings. The zero-order valence-electron chi connectivity index (χ0n) is 3.74. The molecule has 1 aliphatic rings. The van der Waals surface area contributed by atoms with E-state index in [0.717, 1.165) is 13.2 Å². The summed E-state index contributed by atoms with van der Waals surface area (Å²) >= 11 is 0. The van der Waals surface area contributed by atoms with Gasteiger partial charge in [-0.15, -0.1) is 0 Å². The van der Waals surface area contributed by atoms with E-state index >= 15 is 0 Å². The zero-order chi connectivity index (χ0) is 3.54. The van der Waals surface area contributed by atoms with E-state index in [1.165, 1.54) is 12.8 Å². The molecule has 6 heavy (non-hydrogen) atoms. The SMILES string of the molecule is C1CCOC1.[Ti+4]. The van der Waals surface area contributed by atoms with Crippen molar-refractivity contribution >= 4 is 0 Å². The quantitative estimate of drug-likeness (QED) is 0.429. The fourth-order valence-corrected chi connectivity index (χ4v) is 0.510. The standard InChI is InChI=1S/C4H8O.Ti/c1-2-4-5-3-1;/h1-4H2;/q;+4. The van der Waals surface area contributed by atoms with Gasteiger partial charge in [-0.3, -0.25) is 0 Å². The second kappa shape index (κ2) is 3.85. The molecule has 0 bridgehead atoms. The molecular formula is C4H8OTi+4. The Morgan fingerprint density at radius 3 is 1.67 bits per heavy atom. The molecule has 0 aromatic rings. The molecular weight excluding hydrogens is 112 g/mol. The molecule has 30 valence electrons. The number of hydrogen-bond donors (Lipinski definition) is 0. The van der Waals surface area contributed by atoms with Gasteiger partial charge in [0, 0.05) is 13.2 Å². The van der Waals surface area contributed by atoms with Crippen LogP contribution in [0.2, 0.25) is 0 Å². The fraction of sp³-hybridized carbons (Fsp3) is 1.00. The first-order valence-corrected chi connectivity index (χ1v) is 2.08. The minimum absolute atomic E-state index is 0. The van der Waals surface area contributed by atoms with Gasteiger partial charge in [-0.25, -0.2) is 0 Å². The van der Waals surface area contributed by atoms with Crippen molar-refractivity contribution in [1.29, 1.82) is 0 Å². The van der Waals surface area contributed by atoms with Crippen LogP contribution in [0.4, 0.5) is 0 Å². The Morgan fingerprint density at radius 2 is 1.50 bits per heavy atom. The van der Waals surface area contributed by atoms with Gasteiger partial charge in [0.25, 0.3) is 0 Å². The van der Waals surface area contributed by atoms with Crippen LogP contribution in [-0.2, 0) is 26.5 Å². The summed E-state index contributed by atoms with van der Waals surface area (Å²) in [5.41, 5.74) is 0. The first-order chi connectivity index (χ1) is 2.50. The molecule has 0 spiro atoms. The summed E-state index contributed by atoms with van der Waals surface area (Å²) in [5, 5.41) is 0. The summed E-state index contributed by atoms with van der Waals surface area (Å²) in [6.07, 6.45) is 2.56. The second-order valence-electron chi connectivity index (χ2n) is 1.32. The van der Waals surface area contributed by atoms with Crippen molar-refractivity contribution < 1.29 is 26.5 Å². The minimum atomic E-state index is 0. The summed E-state index contributed by atoms with van der Waals surface area (Å²) in [6, 6.07) is 0. The van der Waals surface area contributed by atoms with Crippen LogP contribution in [0.1, 0.15) is 12.8 Å². The predicted molar refractivity (Wildman–Crippen MR) is 20.1 cm³/mol. The van der Waals surface area contributed by atoms with E-state index in [1.807, 2.05) is 0 Å². The van der Waals surface area contributed by atoms with Gasteiger partial charge in [-0.05, 0) is 12.8 Å². The fourth-order valence-electron chi connectivity index (χ4n) is 0.510. The smallest absolute Gasteiger partial charge is 0.381 e. The predicted octanol–water partition coefficient (Wildman–Crippen LogP) is 0.794. The zero-order valence-corrected chi connectivity index (χ0v) is 5.30. The van der Waals surface area contributed by atoms with E-state index in [2.05, 4.69) is 0 Å². The molecule has 0 radical (unpaired) electrons. The molecule has 1 saturated heterocycles. The van der Waals surface area contributed by atoms with Crippen LogP contribution in [0.15, 0.2) is 0 Å². The van der Waals surface area contributed by atoms with Crippen LogP contribution in [0.5, 0.6) is 0 Å². The molecule has 0 amide bonds. The van der Waals surface area contributed by atoms with Crippen molar-refractivity contribution in [3.63, 3.8) is 0 Å². The first kappa shape index (κ1) is 6.67. The third-order valence-electron chi connectivity index (χ3n) is 0.827. The molecule has 0 saturated carbocycles. The van der Waals surface area contributed by atoms with Gasteiger partial charge in [0.1, 0.15) is 0 Å². The van der Waals surface area contributed by atoms with Crippen molar-refractivity contribution in [1.82, 2.24) is 0 Å². The molecule has 1 heterocycles. The Hall–Kier alpha value is 0.674. The van der Waals surface area contributed by atoms with E-state index in [4.69, 9.17) is 4.74 Å². The Labute approximate surface area is 52.9 Å². The monoisotopic (exact) mass is 120 g/mol. The van der Waals surface area contributed by atoms with Crippen LogP contribution in [0.25, 0.3) is 0 Å². The van der Waals surface area contributed by atoms with E-state index in [9.17, 15) is 0 Å². The topological polar surface area (TPSA) is 9.23 Å². The average Bonchev–Trinajstić information content (AvgIpc) is 1.76. The minimum Gasteiger partial charge on any atom is -0.381 e. The molecule has 1 rings (SSSR count). The summed E-state index contributed by atoms with van der Waals surface area (Å²) in [7, 11) is 0. The summed E-state index contributed by atoms with van der Waals surface area (Å²) in [6.45, 7) is 2.00. The average molecular weight is 120 g/mol. The molecule has 1 aliphatic heterocycles. The van der Waals surface area contributed by atoms with Crippen LogP contribution >= 0.6 is 0 Å². The van der Waals surface area contributed by atoms with Gasteiger partial charge in [0.2, 0.25) is 0 Å². The molecule has 0 N–H and O–H groups in total. The van der Waals surface area contributed by atoms with Crippen molar-refractivity contribution in [3.05, 3.63) is 0 Å². The van der Waals surface area contributed by atoms with Crippen molar-refractivity contribution in [3.8, 4) is 0 Å². The largest absolute Gasteiger partial charge is 4.00 e. The van der Waals surface area contributed by atoms with Gasteiger partial charge < -0.3 is 4.74 Å². The maximum absolute atomic E-state index is 4.94. The Balaban J connectivity index is 0.000000250. The van der Waals surface area contributed by atoms with E-state index < -0.39 is 0 Å². The van der Waals surface area contributed by atoms with E-state index in [-0.39, 0.29) is 21.7 Å². The van der Waals surface area contributed by atoms with Gasteiger partial charge in [0.15, 0.2) is 0 Å². The number of rotatable bonds is 0. The molecule has 0 aromatic carbocycles. The van der Waals surface area contributed by atoms with Crippen LogP contribution in [0, 0.1) is 0 Å². The van der Waals surface area contributed by atoms with Crippen molar-refractivity contribution in [2.45, 2.75) is 12.8 Å². The summed E-state index contributed by atoms with van der Waals surface area (Å²) in [5.74, 6) is 0. The van der Waals surface area contributed by atoms with Gasteiger partial charge in [0.05, 0.1) is 0 Å². The normalized spacial score (nSPS) is 20.0. The number of ether oxygens (including phenoxy) is 1. The first-order valence-electron chi connectivity index (χ1n) is 2.08. The molecule has 0 atom stereocenters. The Morgan fingerprint density at radius 1 is 1.00 bits per heavy atom. The van der Waals surface area contributed by atoms with E-state index in [0.29, 0.717) is 0 Å². The summed E-state index contributed by atoms with van der Waals surface area (Å²) in [4.78, 5) is 0. The van der Waals surface area contributed by atoms with Crippen LogP contribution in [-0.4, -0.2) is 13.2 Å². The Kier molecular flexibility index (Phi) is 4.28. The number of hydrogen-bond acceptors (Lipinski definition) is 1. The maximum atomic E-state index is 4.94. The van der Waals surface area contributed by atoms with Crippen LogP contribution < -0.4 is 0 Å². The van der Waals surface area contributed by atoms with Gasteiger partial charge >= 0.3 is 21.7 Å². The third kappa shape index (κ3) is 1.96. The molecule has 2 heteroatoms. The van der Waals surface area contributed by atoms with Crippen molar-refractivity contribution in [2.24, 2.45) is 0 Å². The molecule has 0 unspecified atom stereocenters. The second-order valence-corrected chi connectivity index (χ2v) is 1.32. The molecule has 0 aliphatic carbocycles. The third-order valence-corrected chi connectivity index (χ3v) is 0.827.